The van der Waals surface area contributed by atoms with Crippen molar-refractivity contribution in [3.63, 3.8) is 0 Å². The van der Waals surface area contributed by atoms with Crippen LogP contribution in [0.1, 0.15) is 19.3 Å². The number of aromatic nitrogens is 2. The van der Waals surface area contributed by atoms with Crippen molar-refractivity contribution in [3.8, 4) is 0 Å². The Morgan fingerprint density at radius 1 is 1.57 bits per heavy atom. The predicted octanol–water partition coefficient (Wildman–Crippen LogP) is 0.443. The van der Waals surface area contributed by atoms with Gasteiger partial charge in [-0.3, -0.25) is 0 Å². The van der Waals surface area contributed by atoms with Gasteiger partial charge in [-0.25, -0.2) is 8.42 Å². The molecule has 2 rings (SSSR count). The van der Waals surface area contributed by atoms with Gasteiger partial charge < -0.3 is 5.73 Å². The zero-order valence-corrected chi connectivity index (χ0v) is 8.57. The summed E-state index contributed by atoms with van der Waals surface area (Å²) in [5.41, 5.74) is 5.78. The number of nitrogen functional groups attached to an aromatic ring is 1. The van der Waals surface area contributed by atoms with Crippen LogP contribution in [0, 0.1) is 5.92 Å². The van der Waals surface area contributed by atoms with Crippen LogP contribution in [0.15, 0.2) is 12.4 Å². The van der Waals surface area contributed by atoms with Gasteiger partial charge in [-0.1, -0.05) is 6.42 Å². The van der Waals surface area contributed by atoms with E-state index >= 15 is 0 Å². The molecule has 0 radical (unpaired) electrons. The maximum Gasteiger partial charge on any atom is 0.254 e. The van der Waals surface area contributed by atoms with Crippen molar-refractivity contribution >= 4 is 15.7 Å². The molecule has 2 N–H and O–H groups in total. The molecule has 1 aliphatic carbocycles. The van der Waals surface area contributed by atoms with Crippen LogP contribution in [0.3, 0.4) is 0 Å². The molecule has 0 aromatic carbocycles. The molecule has 0 bridgehead atoms. The minimum Gasteiger partial charge on any atom is -0.396 e. The van der Waals surface area contributed by atoms with E-state index in [4.69, 9.17) is 5.73 Å². The first-order chi connectivity index (χ1) is 6.58. The quantitative estimate of drug-likeness (QED) is 0.793. The monoisotopic (exact) mass is 215 g/mol. The van der Waals surface area contributed by atoms with Gasteiger partial charge in [0.05, 0.1) is 23.8 Å². The summed E-state index contributed by atoms with van der Waals surface area (Å²) in [6, 6.07) is 0. The first-order valence-electron chi connectivity index (χ1n) is 4.61. The van der Waals surface area contributed by atoms with Gasteiger partial charge >= 0.3 is 0 Å². The molecule has 0 amide bonds. The molecule has 1 fully saturated rings. The molecule has 78 valence electrons. The third-order valence-electron chi connectivity index (χ3n) is 2.54. The number of hydrogen-bond donors (Lipinski definition) is 1. The molecular formula is C8H13N3O2S. The lowest BCUT2D eigenvalue weighted by Crippen LogP contribution is -2.26. The lowest BCUT2D eigenvalue weighted by Gasteiger charge is -2.24. The molecule has 0 spiro atoms. The SMILES string of the molecule is Nc1cnn(S(=O)(=O)CC2CCC2)c1. The maximum atomic E-state index is 11.7. The first-order valence-corrected chi connectivity index (χ1v) is 6.22. The average Bonchev–Trinajstić information content (AvgIpc) is 2.45. The second-order valence-electron chi connectivity index (χ2n) is 3.72. The van der Waals surface area contributed by atoms with Crippen LogP contribution in [0.25, 0.3) is 0 Å². The fourth-order valence-corrected chi connectivity index (χ4v) is 3.06. The van der Waals surface area contributed by atoms with Crippen LogP contribution in [-0.4, -0.2) is 23.4 Å². The average molecular weight is 215 g/mol. The van der Waals surface area contributed by atoms with Crippen molar-refractivity contribution in [2.75, 3.05) is 11.5 Å². The van der Waals surface area contributed by atoms with E-state index in [0.717, 1.165) is 23.3 Å². The van der Waals surface area contributed by atoms with Crippen LogP contribution >= 0.6 is 0 Å². The molecule has 1 saturated carbocycles. The molecule has 0 atom stereocenters. The van der Waals surface area contributed by atoms with Crippen molar-refractivity contribution < 1.29 is 8.42 Å². The van der Waals surface area contributed by atoms with E-state index in [1.807, 2.05) is 0 Å². The number of anilines is 1. The highest BCUT2D eigenvalue weighted by molar-refractivity contribution is 7.89. The van der Waals surface area contributed by atoms with Crippen molar-refractivity contribution in [1.82, 2.24) is 9.19 Å². The Morgan fingerprint density at radius 2 is 2.29 bits per heavy atom. The van der Waals surface area contributed by atoms with E-state index in [9.17, 15) is 8.42 Å². The Hall–Kier alpha value is -1.04. The summed E-state index contributed by atoms with van der Waals surface area (Å²) >= 11 is 0. The largest absolute Gasteiger partial charge is 0.396 e. The summed E-state index contributed by atoms with van der Waals surface area (Å²) in [7, 11) is -3.27. The number of rotatable bonds is 3. The topological polar surface area (TPSA) is 78.0 Å². The molecular weight excluding hydrogens is 202 g/mol. The predicted molar refractivity (Wildman–Crippen MR) is 53.2 cm³/mol. The molecule has 0 unspecified atom stereocenters. The van der Waals surface area contributed by atoms with E-state index in [-0.39, 0.29) is 5.75 Å². The van der Waals surface area contributed by atoms with Gasteiger partial charge in [0.1, 0.15) is 0 Å². The van der Waals surface area contributed by atoms with E-state index < -0.39 is 10.0 Å². The van der Waals surface area contributed by atoms with E-state index in [1.54, 1.807) is 0 Å². The molecule has 14 heavy (non-hydrogen) atoms. The minimum atomic E-state index is -3.27. The van der Waals surface area contributed by atoms with Gasteiger partial charge in [-0.05, 0) is 18.8 Å². The zero-order chi connectivity index (χ0) is 10.2. The van der Waals surface area contributed by atoms with Crippen LogP contribution in [-0.2, 0) is 10.0 Å². The standard InChI is InChI=1S/C8H13N3O2S/c9-8-4-10-11(5-8)14(12,13)6-7-2-1-3-7/h4-5,7H,1-3,6,9H2. The maximum absolute atomic E-state index is 11.7. The minimum absolute atomic E-state index is 0.189. The third kappa shape index (κ3) is 1.75. The Bertz CT molecular complexity index is 420. The molecule has 1 aromatic heterocycles. The molecule has 1 heterocycles. The van der Waals surface area contributed by atoms with E-state index in [0.29, 0.717) is 11.6 Å². The van der Waals surface area contributed by atoms with E-state index in [1.165, 1.54) is 12.4 Å². The molecule has 0 saturated heterocycles. The summed E-state index contributed by atoms with van der Waals surface area (Å²) < 4.78 is 24.4. The second-order valence-corrected chi connectivity index (χ2v) is 5.59. The van der Waals surface area contributed by atoms with Gasteiger partial charge in [0, 0.05) is 0 Å². The Morgan fingerprint density at radius 3 is 2.71 bits per heavy atom. The van der Waals surface area contributed by atoms with Gasteiger partial charge in [0.15, 0.2) is 0 Å². The van der Waals surface area contributed by atoms with Crippen molar-refractivity contribution in [2.45, 2.75) is 19.3 Å². The van der Waals surface area contributed by atoms with Crippen LogP contribution in [0.4, 0.5) is 5.69 Å². The second kappa shape index (κ2) is 3.27. The lowest BCUT2D eigenvalue weighted by molar-refractivity contribution is 0.346. The lowest BCUT2D eigenvalue weighted by atomic mass is 9.87. The summed E-state index contributed by atoms with van der Waals surface area (Å²) in [6.45, 7) is 0. The number of hydrogen-bond acceptors (Lipinski definition) is 4. The third-order valence-corrected chi connectivity index (χ3v) is 4.20. The van der Waals surface area contributed by atoms with Gasteiger partial charge in [0.2, 0.25) is 0 Å². The zero-order valence-electron chi connectivity index (χ0n) is 7.76. The molecule has 1 aromatic rings. The molecule has 1 aliphatic rings. The van der Waals surface area contributed by atoms with Gasteiger partial charge in [-0.2, -0.15) is 9.19 Å². The summed E-state index contributed by atoms with van der Waals surface area (Å²) in [5.74, 6) is 0.499. The summed E-state index contributed by atoms with van der Waals surface area (Å²) in [5, 5.41) is 3.70. The highest BCUT2D eigenvalue weighted by Crippen LogP contribution is 2.28. The van der Waals surface area contributed by atoms with Gasteiger partial charge in [-0.15, -0.1) is 0 Å². The smallest absolute Gasteiger partial charge is 0.254 e. The molecule has 5 nitrogen and oxygen atoms in total. The highest BCUT2D eigenvalue weighted by atomic mass is 32.2. The molecule has 0 aliphatic heterocycles. The Labute approximate surface area is 83.0 Å². The van der Waals surface area contributed by atoms with Crippen molar-refractivity contribution in [2.24, 2.45) is 5.92 Å². The number of nitrogens with zero attached hydrogens (tertiary/aromatic N) is 2. The highest BCUT2D eigenvalue weighted by Gasteiger charge is 2.25. The number of nitrogens with two attached hydrogens (primary N) is 1. The normalized spacial score (nSPS) is 18.0. The van der Waals surface area contributed by atoms with E-state index in [2.05, 4.69) is 5.10 Å². The fourth-order valence-electron chi connectivity index (χ4n) is 1.50. The summed E-state index contributed by atoms with van der Waals surface area (Å²) in [6.07, 6.45) is 5.85. The first kappa shape index (κ1) is 9.51. The van der Waals surface area contributed by atoms with Crippen molar-refractivity contribution in [3.05, 3.63) is 12.4 Å². The Kier molecular flexibility index (Phi) is 2.22. The Balaban J connectivity index is 2.15. The van der Waals surface area contributed by atoms with Crippen LogP contribution in [0.5, 0.6) is 0 Å². The van der Waals surface area contributed by atoms with Crippen molar-refractivity contribution in [1.29, 1.82) is 0 Å². The fraction of sp³-hybridized carbons (Fsp3) is 0.625. The van der Waals surface area contributed by atoms with Gasteiger partial charge in [0.25, 0.3) is 10.0 Å². The van der Waals surface area contributed by atoms with Crippen LogP contribution in [0.2, 0.25) is 0 Å². The summed E-state index contributed by atoms with van der Waals surface area (Å²) in [4.78, 5) is 0. The molecule has 6 heteroatoms. The van der Waals surface area contributed by atoms with Crippen LogP contribution < -0.4 is 5.73 Å².